The second-order valence-corrected chi connectivity index (χ2v) is 4.88. The lowest BCUT2D eigenvalue weighted by atomic mass is 10.3. The molecule has 1 aliphatic heterocycles. The summed E-state index contributed by atoms with van der Waals surface area (Å²) in [6.07, 6.45) is 0.525. The van der Waals surface area contributed by atoms with Crippen LogP contribution >= 0.6 is 0 Å². The summed E-state index contributed by atoms with van der Waals surface area (Å²) in [6, 6.07) is 0.467. The van der Waals surface area contributed by atoms with Crippen LogP contribution in [0.1, 0.15) is 25.7 Å². The van der Waals surface area contributed by atoms with Gasteiger partial charge in [-0.1, -0.05) is 12.8 Å². The number of aliphatic carboxylic acids is 1. The maximum Gasteiger partial charge on any atom is 0.490 e. The van der Waals surface area contributed by atoms with E-state index in [-0.39, 0.29) is 0 Å². The molecule has 1 saturated carbocycles. The number of nitrogens with two attached hydrogens (primary N) is 1. The average molecular weight is 268 g/mol. The zero-order valence-corrected chi connectivity index (χ0v) is 10.1. The number of carboxylic acid groups (broad SMARTS) is 1. The third-order valence-corrected chi connectivity index (χ3v) is 3.10. The molecule has 0 spiro atoms. The fourth-order valence-electron chi connectivity index (χ4n) is 1.84. The van der Waals surface area contributed by atoms with Gasteiger partial charge in [-0.3, -0.25) is 0 Å². The molecule has 0 aromatic heterocycles. The number of halogens is 3. The van der Waals surface area contributed by atoms with Crippen molar-refractivity contribution in [2.45, 2.75) is 37.9 Å². The molecule has 0 aromatic carbocycles. The van der Waals surface area contributed by atoms with Gasteiger partial charge in [0.05, 0.1) is 0 Å². The molecule has 0 radical (unpaired) electrons. The molecule has 2 aliphatic rings. The SMILES string of the molecule is NC1CCN(CCC2CC2)C1.O=C(O)C(F)(F)F. The maximum absolute atomic E-state index is 10.6. The summed E-state index contributed by atoms with van der Waals surface area (Å²) in [4.78, 5) is 11.4. The average Bonchev–Trinajstić information content (AvgIpc) is 2.98. The molecule has 4 nitrogen and oxygen atoms in total. The zero-order valence-electron chi connectivity index (χ0n) is 10.1. The highest BCUT2D eigenvalue weighted by Gasteiger charge is 2.38. The van der Waals surface area contributed by atoms with Crippen molar-refractivity contribution in [1.82, 2.24) is 4.90 Å². The summed E-state index contributed by atoms with van der Waals surface area (Å²) in [5, 5.41) is 7.12. The van der Waals surface area contributed by atoms with E-state index in [1.165, 1.54) is 38.8 Å². The Labute approximate surface area is 104 Å². The van der Waals surface area contributed by atoms with Gasteiger partial charge in [-0.05, 0) is 31.8 Å². The van der Waals surface area contributed by atoms with E-state index in [0.29, 0.717) is 6.04 Å². The Morgan fingerprint density at radius 2 is 1.89 bits per heavy atom. The van der Waals surface area contributed by atoms with Crippen molar-refractivity contribution in [3.8, 4) is 0 Å². The Morgan fingerprint density at radius 1 is 1.33 bits per heavy atom. The standard InChI is InChI=1S/C9H18N2.C2HF3O2/c10-9-4-6-11(7-9)5-3-8-1-2-8;3-2(4,5)1(6)7/h8-9H,1-7,10H2;(H,6,7). The molecule has 1 unspecified atom stereocenters. The van der Waals surface area contributed by atoms with Crippen molar-refractivity contribution >= 4 is 5.97 Å². The van der Waals surface area contributed by atoms with Gasteiger partial charge in [-0.25, -0.2) is 4.79 Å². The third-order valence-electron chi connectivity index (χ3n) is 3.10. The minimum absolute atomic E-state index is 0.467. The van der Waals surface area contributed by atoms with Gasteiger partial charge in [0.2, 0.25) is 0 Å². The van der Waals surface area contributed by atoms with Crippen LogP contribution in [0.25, 0.3) is 0 Å². The molecule has 0 amide bonds. The molecule has 1 atom stereocenters. The zero-order chi connectivity index (χ0) is 13.8. The number of alkyl halides is 3. The first-order valence-electron chi connectivity index (χ1n) is 6.07. The maximum atomic E-state index is 10.6. The largest absolute Gasteiger partial charge is 0.490 e. The lowest BCUT2D eigenvalue weighted by molar-refractivity contribution is -0.192. The van der Waals surface area contributed by atoms with Gasteiger partial charge in [0.25, 0.3) is 0 Å². The number of carboxylic acids is 1. The molecule has 18 heavy (non-hydrogen) atoms. The van der Waals surface area contributed by atoms with E-state index >= 15 is 0 Å². The fourth-order valence-corrected chi connectivity index (χ4v) is 1.84. The summed E-state index contributed by atoms with van der Waals surface area (Å²) in [5.41, 5.74) is 5.81. The number of rotatable bonds is 3. The van der Waals surface area contributed by atoms with Crippen LogP contribution in [0.2, 0.25) is 0 Å². The minimum atomic E-state index is -5.08. The summed E-state index contributed by atoms with van der Waals surface area (Å²) >= 11 is 0. The molecule has 2 fully saturated rings. The number of likely N-dealkylation sites (tertiary alicyclic amines) is 1. The first-order chi connectivity index (χ1) is 8.29. The highest BCUT2D eigenvalue weighted by atomic mass is 19.4. The van der Waals surface area contributed by atoms with Gasteiger partial charge < -0.3 is 15.7 Å². The predicted molar refractivity (Wildman–Crippen MR) is 60.1 cm³/mol. The Morgan fingerprint density at radius 3 is 2.22 bits per heavy atom. The minimum Gasteiger partial charge on any atom is -0.475 e. The summed E-state index contributed by atoms with van der Waals surface area (Å²) in [7, 11) is 0. The van der Waals surface area contributed by atoms with Gasteiger partial charge in [-0.2, -0.15) is 13.2 Å². The first kappa shape index (κ1) is 15.2. The predicted octanol–water partition coefficient (Wildman–Crippen LogP) is 1.45. The van der Waals surface area contributed by atoms with Crippen molar-refractivity contribution in [1.29, 1.82) is 0 Å². The molecular weight excluding hydrogens is 249 g/mol. The van der Waals surface area contributed by atoms with Crippen molar-refractivity contribution < 1.29 is 23.1 Å². The monoisotopic (exact) mass is 268 g/mol. The molecule has 1 aliphatic carbocycles. The smallest absolute Gasteiger partial charge is 0.475 e. The normalized spacial score (nSPS) is 24.6. The van der Waals surface area contributed by atoms with Crippen molar-refractivity contribution in [2.75, 3.05) is 19.6 Å². The molecule has 0 bridgehead atoms. The Bertz CT molecular complexity index is 280. The van der Waals surface area contributed by atoms with E-state index in [4.69, 9.17) is 15.6 Å². The van der Waals surface area contributed by atoms with Gasteiger partial charge in [0, 0.05) is 12.6 Å². The summed E-state index contributed by atoms with van der Waals surface area (Å²) in [6.45, 7) is 3.69. The van der Waals surface area contributed by atoms with E-state index in [1.54, 1.807) is 0 Å². The molecule has 2 rings (SSSR count). The second kappa shape index (κ2) is 6.38. The first-order valence-corrected chi connectivity index (χ1v) is 6.07. The molecule has 106 valence electrons. The van der Waals surface area contributed by atoms with Crippen molar-refractivity contribution in [2.24, 2.45) is 11.7 Å². The Hall–Kier alpha value is -0.820. The highest BCUT2D eigenvalue weighted by Crippen LogP contribution is 2.32. The lowest BCUT2D eigenvalue weighted by Gasteiger charge is -2.13. The van der Waals surface area contributed by atoms with Gasteiger partial charge in [0.1, 0.15) is 0 Å². The Kier molecular flexibility index (Phi) is 5.40. The number of hydrogen-bond acceptors (Lipinski definition) is 3. The molecular formula is C11H19F3N2O2. The van der Waals surface area contributed by atoms with E-state index in [2.05, 4.69) is 4.90 Å². The van der Waals surface area contributed by atoms with Gasteiger partial charge in [0.15, 0.2) is 0 Å². The molecule has 1 heterocycles. The van der Waals surface area contributed by atoms with Crippen LogP contribution in [0.15, 0.2) is 0 Å². The summed E-state index contributed by atoms with van der Waals surface area (Å²) < 4.78 is 31.7. The third kappa shape index (κ3) is 6.20. The molecule has 7 heteroatoms. The van der Waals surface area contributed by atoms with E-state index in [1.807, 2.05) is 0 Å². The number of nitrogens with zero attached hydrogens (tertiary/aromatic N) is 1. The summed E-state index contributed by atoms with van der Waals surface area (Å²) in [5.74, 6) is -1.68. The van der Waals surface area contributed by atoms with Crippen LogP contribution < -0.4 is 5.73 Å². The van der Waals surface area contributed by atoms with Crippen LogP contribution in [0, 0.1) is 5.92 Å². The lowest BCUT2D eigenvalue weighted by Crippen LogP contribution is -2.27. The number of hydrogen-bond donors (Lipinski definition) is 2. The molecule has 0 aromatic rings. The van der Waals surface area contributed by atoms with Gasteiger partial charge in [-0.15, -0.1) is 0 Å². The quantitative estimate of drug-likeness (QED) is 0.813. The van der Waals surface area contributed by atoms with E-state index in [0.717, 1.165) is 12.5 Å². The highest BCUT2D eigenvalue weighted by molar-refractivity contribution is 5.73. The van der Waals surface area contributed by atoms with Crippen LogP contribution in [0.3, 0.4) is 0 Å². The van der Waals surface area contributed by atoms with Crippen LogP contribution in [0.4, 0.5) is 13.2 Å². The van der Waals surface area contributed by atoms with E-state index in [9.17, 15) is 13.2 Å². The van der Waals surface area contributed by atoms with Gasteiger partial charge >= 0.3 is 12.1 Å². The topological polar surface area (TPSA) is 66.6 Å². The van der Waals surface area contributed by atoms with Crippen LogP contribution in [-0.2, 0) is 4.79 Å². The van der Waals surface area contributed by atoms with Crippen LogP contribution in [0.5, 0.6) is 0 Å². The molecule has 1 saturated heterocycles. The van der Waals surface area contributed by atoms with Crippen LogP contribution in [-0.4, -0.2) is 47.8 Å². The second-order valence-electron chi connectivity index (χ2n) is 4.88. The van der Waals surface area contributed by atoms with Crippen molar-refractivity contribution in [3.63, 3.8) is 0 Å². The molecule has 3 N–H and O–H groups in total. The van der Waals surface area contributed by atoms with E-state index < -0.39 is 12.1 Å². The Balaban J connectivity index is 0.000000203. The van der Waals surface area contributed by atoms with Crippen molar-refractivity contribution in [3.05, 3.63) is 0 Å². The number of carbonyl (C=O) groups is 1. The fraction of sp³-hybridized carbons (Fsp3) is 0.909.